The van der Waals surface area contributed by atoms with E-state index in [2.05, 4.69) is 20.5 Å². The number of anilines is 1. The van der Waals surface area contributed by atoms with Crippen molar-refractivity contribution in [3.63, 3.8) is 0 Å². The summed E-state index contributed by atoms with van der Waals surface area (Å²) in [7, 11) is 0. The molecule has 0 aromatic carbocycles. The Morgan fingerprint density at radius 3 is 2.86 bits per heavy atom. The molecule has 1 aromatic rings. The van der Waals surface area contributed by atoms with Gasteiger partial charge in [-0.3, -0.25) is 20.0 Å². The minimum absolute atomic E-state index is 0.101. The predicted molar refractivity (Wildman–Crippen MR) is 84.3 cm³/mol. The Balaban J connectivity index is 1.64. The van der Waals surface area contributed by atoms with Gasteiger partial charge in [0, 0.05) is 18.1 Å². The number of H-pyrrole nitrogens is 1. The molecule has 1 unspecified atom stereocenters. The number of amides is 2. The topological polar surface area (TPSA) is 91.0 Å². The highest BCUT2D eigenvalue weighted by Crippen LogP contribution is 2.31. The number of rotatable bonds is 4. The number of carbonyl (C=O) groups excluding carboxylic acids is 2. The predicted octanol–water partition coefficient (Wildman–Crippen LogP) is 1.40. The Kier molecular flexibility index (Phi) is 4.66. The Bertz CT molecular complexity index is 555. The standard InChI is InChI=1S/C14H21N5O2S/c1-2-11-15-14(18-17-11)16-12(20)10-7-22-8-19(10)13(21)9-5-3-4-6-9/h9-10H,2-8H2,1H3,(H2,15,16,17,18,20). The molecule has 2 amide bonds. The van der Waals surface area contributed by atoms with Crippen LogP contribution in [0.25, 0.3) is 0 Å². The van der Waals surface area contributed by atoms with Crippen LogP contribution in [-0.2, 0) is 16.0 Å². The fraction of sp³-hybridized carbons (Fsp3) is 0.714. The zero-order chi connectivity index (χ0) is 15.5. The van der Waals surface area contributed by atoms with Gasteiger partial charge in [0.2, 0.25) is 17.8 Å². The molecule has 0 spiro atoms. The highest BCUT2D eigenvalue weighted by molar-refractivity contribution is 7.99. The summed E-state index contributed by atoms with van der Waals surface area (Å²) in [5.74, 6) is 2.29. The van der Waals surface area contributed by atoms with Crippen LogP contribution in [0.5, 0.6) is 0 Å². The van der Waals surface area contributed by atoms with Gasteiger partial charge < -0.3 is 4.90 Å². The fourth-order valence-corrected chi connectivity index (χ4v) is 4.15. The maximum absolute atomic E-state index is 12.6. The molecule has 1 aliphatic carbocycles. The SMILES string of the molecule is CCc1nc(NC(=O)C2CSCN2C(=O)C2CCCC2)n[nH]1. The molecule has 8 heteroatoms. The van der Waals surface area contributed by atoms with Gasteiger partial charge in [-0.25, -0.2) is 0 Å². The number of nitrogens with one attached hydrogen (secondary N) is 2. The van der Waals surface area contributed by atoms with Crippen molar-refractivity contribution in [2.45, 2.75) is 45.1 Å². The minimum atomic E-state index is -0.415. The van der Waals surface area contributed by atoms with Gasteiger partial charge in [-0.2, -0.15) is 4.98 Å². The van der Waals surface area contributed by atoms with E-state index in [0.29, 0.717) is 11.6 Å². The van der Waals surface area contributed by atoms with Gasteiger partial charge in [0.25, 0.3) is 0 Å². The molecule has 3 rings (SSSR count). The molecule has 22 heavy (non-hydrogen) atoms. The van der Waals surface area contributed by atoms with Gasteiger partial charge in [-0.05, 0) is 12.8 Å². The Morgan fingerprint density at radius 2 is 2.18 bits per heavy atom. The third kappa shape index (κ3) is 3.11. The third-order valence-corrected chi connectivity index (χ3v) is 5.29. The van der Waals surface area contributed by atoms with E-state index in [1.54, 1.807) is 16.7 Å². The summed E-state index contributed by atoms with van der Waals surface area (Å²) < 4.78 is 0. The van der Waals surface area contributed by atoms with E-state index in [1.807, 2.05) is 6.92 Å². The Labute approximate surface area is 133 Å². The molecule has 2 aliphatic rings. The summed E-state index contributed by atoms with van der Waals surface area (Å²) in [6.45, 7) is 1.96. The smallest absolute Gasteiger partial charge is 0.250 e. The molecular weight excluding hydrogens is 302 g/mol. The first-order valence-corrected chi connectivity index (χ1v) is 8.95. The minimum Gasteiger partial charge on any atom is -0.320 e. The zero-order valence-corrected chi connectivity index (χ0v) is 13.5. The first-order chi connectivity index (χ1) is 10.7. The molecule has 0 bridgehead atoms. The average Bonchev–Trinajstić information content (AvgIpc) is 3.26. The van der Waals surface area contributed by atoms with Gasteiger partial charge >= 0.3 is 0 Å². The maximum Gasteiger partial charge on any atom is 0.250 e. The van der Waals surface area contributed by atoms with Gasteiger partial charge in [0.05, 0.1) is 5.88 Å². The van der Waals surface area contributed by atoms with Crippen LogP contribution in [0.15, 0.2) is 0 Å². The lowest BCUT2D eigenvalue weighted by Gasteiger charge is -2.25. The van der Waals surface area contributed by atoms with Crippen LogP contribution in [0.3, 0.4) is 0 Å². The van der Waals surface area contributed by atoms with Gasteiger partial charge in [-0.1, -0.05) is 19.8 Å². The Morgan fingerprint density at radius 1 is 1.41 bits per heavy atom. The molecular formula is C14H21N5O2S. The average molecular weight is 323 g/mol. The number of aromatic nitrogens is 3. The number of nitrogens with zero attached hydrogens (tertiary/aromatic N) is 3. The highest BCUT2D eigenvalue weighted by Gasteiger charge is 2.38. The summed E-state index contributed by atoms with van der Waals surface area (Å²) in [5.41, 5.74) is 0. The number of hydrogen-bond donors (Lipinski definition) is 2. The van der Waals surface area contributed by atoms with E-state index in [4.69, 9.17) is 0 Å². The number of aromatic amines is 1. The molecule has 7 nitrogen and oxygen atoms in total. The summed E-state index contributed by atoms with van der Waals surface area (Å²) in [4.78, 5) is 30.9. The van der Waals surface area contributed by atoms with Crippen molar-refractivity contribution in [2.24, 2.45) is 5.92 Å². The van der Waals surface area contributed by atoms with Crippen LogP contribution in [0.2, 0.25) is 0 Å². The lowest BCUT2D eigenvalue weighted by atomic mass is 10.1. The number of aryl methyl sites for hydroxylation is 1. The quantitative estimate of drug-likeness (QED) is 0.874. The van der Waals surface area contributed by atoms with Gasteiger partial charge in [0.15, 0.2) is 0 Å². The summed E-state index contributed by atoms with van der Waals surface area (Å²) >= 11 is 1.62. The van der Waals surface area contributed by atoms with Gasteiger partial charge in [-0.15, -0.1) is 16.9 Å². The van der Waals surface area contributed by atoms with E-state index in [9.17, 15) is 9.59 Å². The van der Waals surface area contributed by atoms with E-state index in [0.717, 1.165) is 37.9 Å². The lowest BCUT2D eigenvalue weighted by molar-refractivity contribution is -0.139. The van der Waals surface area contributed by atoms with Crippen LogP contribution in [0, 0.1) is 5.92 Å². The monoisotopic (exact) mass is 323 g/mol. The van der Waals surface area contributed by atoms with Crippen LogP contribution in [0.1, 0.15) is 38.4 Å². The van der Waals surface area contributed by atoms with Crippen molar-refractivity contribution in [3.8, 4) is 0 Å². The zero-order valence-electron chi connectivity index (χ0n) is 12.7. The normalized spacial score (nSPS) is 22.2. The van der Waals surface area contributed by atoms with Crippen LogP contribution in [0.4, 0.5) is 5.95 Å². The second-order valence-electron chi connectivity index (χ2n) is 5.75. The van der Waals surface area contributed by atoms with Crippen molar-refractivity contribution >= 4 is 29.5 Å². The van der Waals surface area contributed by atoms with E-state index in [-0.39, 0.29) is 23.7 Å². The van der Waals surface area contributed by atoms with Crippen molar-refractivity contribution in [3.05, 3.63) is 5.82 Å². The third-order valence-electron chi connectivity index (χ3n) is 4.27. The molecule has 0 radical (unpaired) electrons. The molecule has 2 heterocycles. The van der Waals surface area contributed by atoms with Crippen molar-refractivity contribution in [2.75, 3.05) is 16.9 Å². The largest absolute Gasteiger partial charge is 0.320 e. The Hall–Kier alpha value is -1.57. The lowest BCUT2D eigenvalue weighted by Crippen LogP contribution is -2.46. The molecule has 1 saturated carbocycles. The molecule has 1 atom stereocenters. The van der Waals surface area contributed by atoms with E-state index < -0.39 is 6.04 Å². The van der Waals surface area contributed by atoms with Crippen LogP contribution in [-0.4, -0.2) is 49.6 Å². The second kappa shape index (κ2) is 6.68. The van der Waals surface area contributed by atoms with E-state index >= 15 is 0 Å². The molecule has 1 aliphatic heterocycles. The van der Waals surface area contributed by atoms with Crippen molar-refractivity contribution < 1.29 is 9.59 Å². The highest BCUT2D eigenvalue weighted by atomic mass is 32.2. The van der Waals surface area contributed by atoms with Crippen molar-refractivity contribution in [1.82, 2.24) is 20.1 Å². The summed E-state index contributed by atoms with van der Waals surface area (Å²) in [5, 5.41) is 9.45. The van der Waals surface area contributed by atoms with E-state index in [1.165, 1.54) is 0 Å². The maximum atomic E-state index is 12.6. The number of hydrogen-bond acceptors (Lipinski definition) is 5. The first-order valence-electron chi connectivity index (χ1n) is 7.79. The first kappa shape index (κ1) is 15.3. The van der Waals surface area contributed by atoms with Crippen molar-refractivity contribution in [1.29, 1.82) is 0 Å². The number of thioether (sulfide) groups is 1. The van der Waals surface area contributed by atoms with Crippen LogP contribution < -0.4 is 5.32 Å². The molecule has 1 saturated heterocycles. The molecule has 2 N–H and O–H groups in total. The summed E-state index contributed by atoms with van der Waals surface area (Å²) in [6.07, 6.45) is 4.87. The number of carbonyl (C=O) groups is 2. The van der Waals surface area contributed by atoms with Gasteiger partial charge in [0.1, 0.15) is 11.9 Å². The molecule has 1 aromatic heterocycles. The second-order valence-corrected chi connectivity index (χ2v) is 6.75. The summed E-state index contributed by atoms with van der Waals surface area (Å²) in [6, 6.07) is -0.415. The molecule has 2 fully saturated rings. The fourth-order valence-electron chi connectivity index (χ4n) is 2.99. The van der Waals surface area contributed by atoms with Crippen LogP contribution >= 0.6 is 11.8 Å². The molecule has 120 valence electrons.